The predicted octanol–water partition coefficient (Wildman–Crippen LogP) is 2.03. The third-order valence-corrected chi connectivity index (χ3v) is 2.73. The predicted molar refractivity (Wildman–Crippen MR) is 77.0 cm³/mol. The van der Waals surface area contributed by atoms with Crippen LogP contribution in [0.2, 0.25) is 0 Å². The number of hydrogen-bond acceptors (Lipinski definition) is 3. The molecule has 0 aromatic heterocycles. The highest BCUT2D eigenvalue weighted by Crippen LogP contribution is 2.19. The Hall–Kier alpha value is -2.82. The van der Waals surface area contributed by atoms with Crippen LogP contribution in [-0.2, 0) is 4.79 Å². The van der Waals surface area contributed by atoms with Crippen molar-refractivity contribution in [3.63, 3.8) is 0 Å². The molecule has 20 heavy (non-hydrogen) atoms. The lowest BCUT2D eigenvalue weighted by Crippen LogP contribution is -2.40. The number of urea groups is 1. The van der Waals surface area contributed by atoms with Gasteiger partial charge in [0.2, 0.25) is 0 Å². The first-order chi connectivity index (χ1) is 9.66. The SMILES string of the molecule is NC(=O)NC(=O)[C@H](Nc1ccccc1)c1ccccc1. The van der Waals surface area contributed by atoms with Crippen molar-refractivity contribution in [1.29, 1.82) is 0 Å². The molecule has 2 rings (SSSR count). The zero-order valence-corrected chi connectivity index (χ0v) is 10.7. The first kappa shape index (κ1) is 13.6. The summed E-state index contributed by atoms with van der Waals surface area (Å²) in [4.78, 5) is 22.9. The summed E-state index contributed by atoms with van der Waals surface area (Å²) in [5, 5.41) is 5.18. The quantitative estimate of drug-likeness (QED) is 0.794. The number of imide groups is 1. The normalized spacial score (nSPS) is 11.4. The van der Waals surface area contributed by atoms with Crippen molar-refractivity contribution in [2.45, 2.75) is 6.04 Å². The number of benzene rings is 2. The van der Waals surface area contributed by atoms with E-state index in [0.29, 0.717) is 0 Å². The zero-order chi connectivity index (χ0) is 14.4. The molecule has 3 amide bonds. The van der Waals surface area contributed by atoms with Gasteiger partial charge in [-0.25, -0.2) is 4.79 Å². The van der Waals surface area contributed by atoms with Crippen molar-refractivity contribution in [1.82, 2.24) is 5.32 Å². The molecule has 0 heterocycles. The molecule has 102 valence electrons. The highest BCUT2D eigenvalue weighted by Gasteiger charge is 2.21. The fraction of sp³-hybridized carbons (Fsp3) is 0.0667. The number of carbonyl (C=O) groups excluding carboxylic acids is 2. The van der Waals surface area contributed by atoms with Crippen molar-refractivity contribution in [2.24, 2.45) is 5.73 Å². The Kier molecular flexibility index (Phi) is 4.34. The van der Waals surface area contributed by atoms with E-state index >= 15 is 0 Å². The summed E-state index contributed by atoms with van der Waals surface area (Å²) < 4.78 is 0. The second-order valence-corrected chi connectivity index (χ2v) is 4.21. The minimum Gasteiger partial charge on any atom is -0.370 e. The molecule has 0 saturated carbocycles. The van der Waals surface area contributed by atoms with Gasteiger partial charge in [-0.15, -0.1) is 0 Å². The molecule has 0 unspecified atom stereocenters. The molecule has 0 radical (unpaired) electrons. The minimum atomic E-state index is -0.870. The number of hydrogen-bond donors (Lipinski definition) is 3. The average molecular weight is 269 g/mol. The molecule has 5 heteroatoms. The Morgan fingerprint density at radius 1 is 0.900 bits per heavy atom. The molecule has 0 saturated heterocycles. The lowest BCUT2D eigenvalue weighted by Gasteiger charge is -2.19. The molecule has 5 nitrogen and oxygen atoms in total. The van der Waals surface area contributed by atoms with Crippen molar-refractivity contribution >= 4 is 17.6 Å². The van der Waals surface area contributed by atoms with E-state index in [9.17, 15) is 9.59 Å². The highest BCUT2D eigenvalue weighted by molar-refractivity contribution is 5.98. The van der Waals surface area contributed by atoms with Gasteiger partial charge in [-0.3, -0.25) is 10.1 Å². The maximum atomic E-state index is 12.1. The number of primary amides is 1. The number of nitrogens with two attached hydrogens (primary N) is 1. The minimum absolute atomic E-state index is 0.493. The van der Waals surface area contributed by atoms with Crippen LogP contribution >= 0.6 is 0 Å². The van der Waals surface area contributed by atoms with Crippen molar-refractivity contribution in [3.05, 3.63) is 66.2 Å². The molecule has 0 fully saturated rings. The van der Waals surface area contributed by atoms with Gasteiger partial charge >= 0.3 is 6.03 Å². The van der Waals surface area contributed by atoms with Gasteiger partial charge in [0.15, 0.2) is 0 Å². The standard InChI is InChI=1S/C15H15N3O2/c16-15(20)18-14(19)13(11-7-3-1-4-8-11)17-12-9-5-2-6-10-12/h1-10,13,17H,(H3,16,18,19,20)/t13-/m1/s1. The molecule has 2 aromatic rings. The Morgan fingerprint density at radius 2 is 1.45 bits per heavy atom. The van der Waals surface area contributed by atoms with Crippen molar-refractivity contribution < 1.29 is 9.59 Å². The van der Waals surface area contributed by atoms with Crippen LogP contribution < -0.4 is 16.4 Å². The topological polar surface area (TPSA) is 84.2 Å². The third kappa shape index (κ3) is 3.58. The lowest BCUT2D eigenvalue weighted by atomic mass is 10.1. The van der Waals surface area contributed by atoms with Gasteiger partial charge in [-0.1, -0.05) is 48.5 Å². The summed E-state index contributed by atoms with van der Waals surface area (Å²) in [7, 11) is 0. The number of para-hydroxylation sites is 1. The van der Waals surface area contributed by atoms with Crippen molar-refractivity contribution in [3.8, 4) is 0 Å². The number of anilines is 1. The Labute approximate surface area is 116 Å². The Balaban J connectivity index is 2.25. The Morgan fingerprint density at radius 3 is 2.00 bits per heavy atom. The van der Waals surface area contributed by atoms with Gasteiger partial charge in [0.1, 0.15) is 6.04 Å². The summed E-state index contributed by atoms with van der Waals surface area (Å²) >= 11 is 0. The van der Waals surface area contributed by atoms with Crippen molar-refractivity contribution in [2.75, 3.05) is 5.32 Å². The van der Waals surface area contributed by atoms with Crippen LogP contribution in [0, 0.1) is 0 Å². The van der Waals surface area contributed by atoms with E-state index in [2.05, 4.69) is 10.6 Å². The number of carbonyl (C=O) groups is 2. The number of rotatable bonds is 4. The van der Waals surface area contributed by atoms with E-state index < -0.39 is 18.0 Å². The fourth-order valence-electron chi connectivity index (χ4n) is 1.84. The summed E-state index contributed by atoms with van der Waals surface area (Å²) in [6, 6.07) is 16.8. The van der Waals surface area contributed by atoms with E-state index in [1.54, 1.807) is 12.1 Å². The second kappa shape index (κ2) is 6.38. The molecule has 1 atom stereocenters. The van der Waals surface area contributed by atoms with Crippen LogP contribution in [0.5, 0.6) is 0 Å². The maximum Gasteiger partial charge on any atom is 0.318 e. The van der Waals surface area contributed by atoms with Crippen LogP contribution in [0.3, 0.4) is 0 Å². The summed E-state index contributed by atoms with van der Waals surface area (Å²) in [5.41, 5.74) is 6.53. The zero-order valence-electron chi connectivity index (χ0n) is 10.7. The first-order valence-electron chi connectivity index (χ1n) is 6.13. The maximum absolute atomic E-state index is 12.1. The van der Waals surface area contributed by atoms with Gasteiger partial charge in [0.05, 0.1) is 0 Å². The second-order valence-electron chi connectivity index (χ2n) is 4.21. The van der Waals surface area contributed by atoms with E-state index in [-0.39, 0.29) is 0 Å². The molecular formula is C15H15N3O2. The van der Waals surface area contributed by atoms with Crippen LogP contribution in [0.15, 0.2) is 60.7 Å². The largest absolute Gasteiger partial charge is 0.370 e. The first-order valence-corrected chi connectivity index (χ1v) is 6.13. The summed E-state index contributed by atoms with van der Waals surface area (Å²) in [6.07, 6.45) is 0. The van der Waals surface area contributed by atoms with Gasteiger partial charge in [-0.05, 0) is 17.7 Å². The summed E-state index contributed by atoms with van der Waals surface area (Å²) in [5.74, 6) is -0.493. The fourth-order valence-corrected chi connectivity index (χ4v) is 1.84. The van der Waals surface area contributed by atoms with Crippen LogP contribution in [0.4, 0.5) is 10.5 Å². The van der Waals surface area contributed by atoms with Gasteiger partial charge < -0.3 is 11.1 Å². The molecule has 4 N–H and O–H groups in total. The van der Waals surface area contributed by atoms with E-state index in [0.717, 1.165) is 11.3 Å². The third-order valence-electron chi connectivity index (χ3n) is 2.73. The lowest BCUT2D eigenvalue weighted by molar-refractivity contribution is -0.120. The monoisotopic (exact) mass is 269 g/mol. The molecule has 0 bridgehead atoms. The average Bonchev–Trinajstić information content (AvgIpc) is 2.46. The van der Waals surface area contributed by atoms with Crippen LogP contribution in [0.1, 0.15) is 11.6 Å². The summed E-state index contributed by atoms with van der Waals surface area (Å²) in [6.45, 7) is 0. The molecule has 0 aliphatic heterocycles. The highest BCUT2D eigenvalue weighted by atomic mass is 16.2. The van der Waals surface area contributed by atoms with Crippen LogP contribution in [0.25, 0.3) is 0 Å². The van der Waals surface area contributed by atoms with Crippen LogP contribution in [-0.4, -0.2) is 11.9 Å². The smallest absolute Gasteiger partial charge is 0.318 e. The molecule has 0 spiro atoms. The molecule has 0 aliphatic rings. The molecular weight excluding hydrogens is 254 g/mol. The van der Waals surface area contributed by atoms with E-state index in [1.165, 1.54) is 0 Å². The van der Waals surface area contributed by atoms with Gasteiger partial charge in [0, 0.05) is 5.69 Å². The molecule has 2 aromatic carbocycles. The number of nitrogens with one attached hydrogen (secondary N) is 2. The van der Waals surface area contributed by atoms with Gasteiger partial charge in [-0.2, -0.15) is 0 Å². The number of amides is 3. The van der Waals surface area contributed by atoms with Gasteiger partial charge in [0.25, 0.3) is 5.91 Å². The Bertz CT molecular complexity index is 585. The molecule has 0 aliphatic carbocycles. The van der Waals surface area contributed by atoms with E-state index in [4.69, 9.17) is 5.73 Å². The van der Waals surface area contributed by atoms with E-state index in [1.807, 2.05) is 48.5 Å².